The van der Waals surface area contributed by atoms with Gasteiger partial charge in [0.2, 0.25) is 5.75 Å². The monoisotopic (exact) mass is 535 g/mol. The Balaban J connectivity index is 0.00000420. The average molecular weight is 536 g/mol. The smallest absolute Gasteiger partial charge is 0.203 e. The minimum absolute atomic E-state index is 0. The molecule has 0 heterocycles. The summed E-state index contributed by atoms with van der Waals surface area (Å²) in [7, 11) is 6.48. The van der Waals surface area contributed by atoms with Crippen molar-refractivity contribution in [1.29, 1.82) is 0 Å². The summed E-state index contributed by atoms with van der Waals surface area (Å²) in [6.45, 7) is 1.62. The first-order valence-electron chi connectivity index (χ1n) is 8.73. The third kappa shape index (κ3) is 7.69. The van der Waals surface area contributed by atoms with Crippen molar-refractivity contribution in [3.63, 3.8) is 0 Å². The predicted octanol–water partition coefficient (Wildman–Crippen LogP) is 3.73. The largest absolute Gasteiger partial charge is 0.493 e. The Labute approximate surface area is 193 Å². The molecule has 9 heteroatoms. The van der Waals surface area contributed by atoms with E-state index in [0.29, 0.717) is 47.9 Å². The standard InChI is InChI=1S/C20H26ClN3O4.HI/c1-22-20(23-9-10-28-16-7-5-15(21)6-8-16)24-13-14-11-17(25-2)19(27-4)18(12-14)26-3;/h5-8,11-12H,9-10,13H2,1-4H3,(H2,22,23,24);1H. The van der Waals surface area contributed by atoms with Crippen LogP contribution in [0.25, 0.3) is 0 Å². The second-order valence-electron chi connectivity index (χ2n) is 5.69. The van der Waals surface area contributed by atoms with E-state index in [-0.39, 0.29) is 24.0 Å². The van der Waals surface area contributed by atoms with Gasteiger partial charge in [-0.1, -0.05) is 11.6 Å². The number of guanidine groups is 1. The summed E-state index contributed by atoms with van der Waals surface area (Å²) in [4.78, 5) is 4.21. The number of nitrogens with one attached hydrogen (secondary N) is 2. The summed E-state index contributed by atoms with van der Waals surface area (Å²) in [5, 5.41) is 7.13. The number of ether oxygens (including phenoxy) is 4. The lowest BCUT2D eigenvalue weighted by Gasteiger charge is -2.16. The molecule has 0 fully saturated rings. The summed E-state index contributed by atoms with van der Waals surface area (Å²) in [6, 6.07) is 11.0. The van der Waals surface area contributed by atoms with E-state index in [1.807, 2.05) is 24.3 Å². The van der Waals surface area contributed by atoms with Crippen LogP contribution in [0.3, 0.4) is 0 Å². The van der Waals surface area contributed by atoms with Gasteiger partial charge in [-0.05, 0) is 42.0 Å². The van der Waals surface area contributed by atoms with Crippen LogP contribution >= 0.6 is 35.6 Å². The molecule has 0 saturated carbocycles. The molecule has 0 spiro atoms. The molecule has 0 aliphatic rings. The van der Waals surface area contributed by atoms with Crippen LogP contribution in [0.4, 0.5) is 0 Å². The fourth-order valence-electron chi connectivity index (χ4n) is 2.51. The Bertz CT molecular complexity index is 763. The summed E-state index contributed by atoms with van der Waals surface area (Å²) < 4.78 is 21.8. The fourth-order valence-corrected chi connectivity index (χ4v) is 2.64. The number of methoxy groups -OCH3 is 3. The van der Waals surface area contributed by atoms with Gasteiger partial charge in [-0.2, -0.15) is 0 Å². The van der Waals surface area contributed by atoms with Gasteiger partial charge in [0.05, 0.1) is 27.9 Å². The molecular weight excluding hydrogens is 509 g/mol. The highest BCUT2D eigenvalue weighted by atomic mass is 127. The van der Waals surface area contributed by atoms with Crippen LogP contribution in [0.15, 0.2) is 41.4 Å². The zero-order chi connectivity index (χ0) is 20.4. The minimum atomic E-state index is 0. The predicted molar refractivity (Wildman–Crippen MR) is 127 cm³/mol. The maximum absolute atomic E-state index is 5.86. The molecule has 7 nitrogen and oxygen atoms in total. The normalized spacial score (nSPS) is 10.6. The van der Waals surface area contributed by atoms with Gasteiger partial charge in [0.15, 0.2) is 17.5 Å². The first kappa shape index (κ1) is 25.0. The highest BCUT2D eigenvalue weighted by Crippen LogP contribution is 2.38. The lowest BCUT2D eigenvalue weighted by Crippen LogP contribution is -2.38. The quantitative estimate of drug-likeness (QED) is 0.221. The van der Waals surface area contributed by atoms with Crippen molar-refractivity contribution in [2.24, 2.45) is 4.99 Å². The number of aliphatic imine (C=N–C) groups is 1. The number of hydrogen-bond donors (Lipinski definition) is 2. The molecule has 2 rings (SSSR count). The van der Waals surface area contributed by atoms with Crippen molar-refractivity contribution >= 4 is 41.5 Å². The van der Waals surface area contributed by atoms with Gasteiger partial charge in [0.1, 0.15) is 12.4 Å². The van der Waals surface area contributed by atoms with E-state index >= 15 is 0 Å². The Morgan fingerprint density at radius 2 is 1.59 bits per heavy atom. The highest BCUT2D eigenvalue weighted by molar-refractivity contribution is 14.0. The molecule has 0 aromatic heterocycles. The topological polar surface area (TPSA) is 73.3 Å². The first-order valence-corrected chi connectivity index (χ1v) is 9.10. The van der Waals surface area contributed by atoms with E-state index in [9.17, 15) is 0 Å². The van der Waals surface area contributed by atoms with E-state index in [1.54, 1.807) is 40.5 Å². The van der Waals surface area contributed by atoms with Gasteiger partial charge in [-0.3, -0.25) is 4.99 Å². The van der Waals surface area contributed by atoms with Crippen molar-refractivity contribution in [3.8, 4) is 23.0 Å². The van der Waals surface area contributed by atoms with Gasteiger partial charge in [0.25, 0.3) is 0 Å². The first-order chi connectivity index (χ1) is 13.6. The molecule has 0 bridgehead atoms. The Hall–Kier alpha value is -2.07. The molecule has 2 aromatic carbocycles. The zero-order valence-electron chi connectivity index (χ0n) is 17.0. The SMILES string of the molecule is CN=C(NCCOc1ccc(Cl)cc1)NCc1cc(OC)c(OC)c(OC)c1.I. The van der Waals surface area contributed by atoms with E-state index in [2.05, 4.69) is 15.6 Å². The van der Waals surface area contributed by atoms with Crippen LogP contribution < -0.4 is 29.6 Å². The Morgan fingerprint density at radius 3 is 2.10 bits per heavy atom. The zero-order valence-corrected chi connectivity index (χ0v) is 20.0. The molecule has 0 atom stereocenters. The summed E-state index contributed by atoms with van der Waals surface area (Å²) in [5.41, 5.74) is 0.967. The van der Waals surface area contributed by atoms with Gasteiger partial charge < -0.3 is 29.6 Å². The van der Waals surface area contributed by atoms with Crippen LogP contribution in [0.1, 0.15) is 5.56 Å². The van der Waals surface area contributed by atoms with E-state index in [4.69, 9.17) is 30.5 Å². The van der Waals surface area contributed by atoms with Crippen LogP contribution in [0, 0.1) is 0 Å². The van der Waals surface area contributed by atoms with Gasteiger partial charge in [-0.25, -0.2) is 0 Å². The molecular formula is C20H27ClIN3O4. The fraction of sp³-hybridized carbons (Fsp3) is 0.350. The maximum Gasteiger partial charge on any atom is 0.203 e. The Kier molecular flexibility index (Phi) is 11.4. The van der Waals surface area contributed by atoms with Crippen molar-refractivity contribution in [3.05, 3.63) is 47.0 Å². The molecule has 0 aliphatic carbocycles. The molecule has 160 valence electrons. The van der Waals surface area contributed by atoms with Crippen LogP contribution in [0.5, 0.6) is 23.0 Å². The third-order valence-electron chi connectivity index (χ3n) is 3.88. The van der Waals surface area contributed by atoms with Crippen molar-refractivity contribution in [2.45, 2.75) is 6.54 Å². The average Bonchev–Trinajstić information content (AvgIpc) is 2.73. The molecule has 0 radical (unpaired) electrons. The number of halogens is 2. The third-order valence-corrected chi connectivity index (χ3v) is 4.14. The minimum Gasteiger partial charge on any atom is -0.493 e. The van der Waals surface area contributed by atoms with Crippen molar-refractivity contribution in [1.82, 2.24) is 10.6 Å². The van der Waals surface area contributed by atoms with E-state index in [0.717, 1.165) is 11.3 Å². The number of hydrogen-bond acceptors (Lipinski definition) is 5. The molecule has 0 saturated heterocycles. The lowest BCUT2D eigenvalue weighted by molar-refractivity contribution is 0.322. The molecule has 2 aromatic rings. The Morgan fingerprint density at radius 1 is 0.966 bits per heavy atom. The number of nitrogens with zero attached hydrogens (tertiary/aromatic N) is 1. The molecule has 29 heavy (non-hydrogen) atoms. The lowest BCUT2D eigenvalue weighted by atomic mass is 10.2. The second-order valence-corrected chi connectivity index (χ2v) is 6.12. The second kappa shape index (κ2) is 13.2. The summed E-state index contributed by atoms with van der Waals surface area (Å²) in [6.07, 6.45) is 0. The number of rotatable bonds is 9. The highest BCUT2D eigenvalue weighted by Gasteiger charge is 2.13. The molecule has 0 unspecified atom stereocenters. The van der Waals surface area contributed by atoms with Gasteiger partial charge in [-0.15, -0.1) is 24.0 Å². The van der Waals surface area contributed by atoms with Crippen LogP contribution in [-0.4, -0.2) is 47.5 Å². The van der Waals surface area contributed by atoms with Crippen molar-refractivity contribution in [2.75, 3.05) is 41.5 Å². The van der Waals surface area contributed by atoms with E-state index in [1.165, 1.54) is 0 Å². The van der Waals surface area contributed by atoms with Crippen LogP contribution in [0.2, 0.25) is 5.02 Å². The number of benzene rings is 2. The maximum atomic E-state index is 5.86. The molecule has 0 amide bonds. The van der Waals surface area contributed by atoms with Gasteiger partial charge in [0, 0.05) is 18.6 Å². The molecule has 2 N–H and O–H groups in total. The summed E-state index contributed by atoms with van der Waals surface area (Å²) >= 11 is 5.86. The van der Waals surface area contributed by atoms with Crippen molar-refractivity contribution < 1.29 is 18.9 Å². The van der Waals surface area contributed by atoms with E-state index < -0.39 is 0 Å². The molecule has 0 aliphatic heterocycles. The summed E-state index contributed by atoms with van der Waals surface area (Å²) in [5.74, 6) is 3.21. The van der Waals surface area contributed by atoms with Crippen LogP contribution in [-0.2, 0) is 6.54 Å². The van der Waals surface area contributed by atoms with Gasteiger partial charge >= 0.3 is 0 Å².